The molecule has 3 aromatic rings. The molecule has 1 aliphatic heterocycles. The van der Waals surface area contributed by atoms with Gasteiger partial charge in [-0.25, -0.2) is 4.79 Å². The molecule has 27 heavy (non-hydrogen) atoms. The summed E-state index contributed by atoms with van der Waals surface area (Å²) in [5.74, 6) is -0.0700. The van der Waals surface area contributed by atoms with E-state index in [1.807, 2.05) is 37.3 Å². The largest absolute Gasteiger partial charge is 0.391 e. The third kappa shape index (κ3) is 3.52. The standard InChI is InChI=1S/C19H23N5O3/c1-12-8-14(22-21-12)9-13-10-23(11-17(13)25)18(26)6-7-24-16-5-3-2-4-15(16)20-19(24)27/h2-5,8,13,17,25H,6-7,9-11H2,1H3,(H,20,27)(H,21,22)/t13-,17+/m1/s1. The summed E-state index contributed by atoms with van der Waals surface area (Å²) in [6, 6.07) is 9.39. The Hall–Kier alpha value is -2.87. The van der Waals surface area contributed by atoms with E-state index in [1.54, 1.807) is 9.47 Å². The van der Waals surface area contributed by atoms with Gasteiger partial charge in [0, 0.05) is 37.7 Å². The number of carbonyl (C=O) groups is 1. The SMILES string of the molecule is Cc1cc(C[C@@H]2CN(C(=O)CCn3c(=O)[nH]c4ccccc43)C[C@@H]2O)n[nH]1. The molecule has 0 bridgehead atoms. The lowest BCUT2D eigenvalue weighted by atomic mass is 10.0. The highest BCUT2D eigenvalue weighted by Crippen LogP contribution is 2.22. The van der Waals surface area contributed by atoms with Gasteiger partial charge < -0.3 is 15.0 Å². The van der Waals surface area contributed by atoms with Gasteiger partial charge >= 0.3 is 5.69 Å². The number of aryl methyl sites for hydroxylation is 2. The van der Waals surface area contributed by atoms with E-state index in [-0.39, 0.29) is 23.9 Å². The average Bonchev–Trinajstić information content (AvgIpc) is 3.31. The molecule has 0 saturated carbocycles. The van der Waals surface area contributed by atoms with Crippen LogP contribution in [0.5, 0.6) is 0 Å². The lowest BCUT2D eigenvalue weighted by molar-refractivity contribution is -0.130. The van der Waals surface area contributed by atoms with Gasteiger partial charge in [0.25, 0.3) is 0 Å². The fourth-order valence-electron chi connectivity index (χ4n) is 3.80. The number of amides is 1. The molecule has 142 valence electrons. The van der Waals surface area contributed by atoms with Gasteiger partial charge in [-0.1, -0.05) is 12.1 Å². The molecule has 1 aromatic carbocycles. The number of benzene rings is 1. The maximum Gasteiger partial charge on any atom is 0.326 e. The van der Waals surface area contributed by atoms with Crippen molar-refractivity contribution in [3.8, 4) is 0 Å². The Morgan fingerprint density at radius 3 is 2.93 bits per heavy atom. The van der Waals surface area contributed by atoms with E-state index >= 15 is 0 Å². The smallest absolute Gasteiger partial charge is 0.326 e. The molecule has 0 aliphatic carbocycles. The number of β-amino-alcohol motifs (C(OH)–C–C–N with tert-alkyl or cyclic N) is 1. The van der Waals surface area contributed by atoms with Gasteiger partial charge in [0.2, 0.25) is 5.91 Å². The molecule has 1 amide bonds. The van der Waals surface area contributed by atoms with Crippen LogP contribution in [-0.2, 0) is 17.8 Å². The molecule has 1 aliphatic rings. The molecule has 8 nitrogen and oxygen atoms in total. The number of fused-ring (bicyclic) bond motifs is 1. The topological polar surface area (TPSA) is 107 Å². The summed E-state index contributed by atoms with van der Waals surface area (Å²) in [7, 11) is 0. The second kappa shape index (κ2) is 7.03. The van der Waals surface area contributed by atoms with Crippen molar-refractivity contribution >= 4 is 16.9 Å². The summed E-state index contributed by atoms with van der Waals surface area (Å²) in [6.45, 7) is 3.09. The van der Waals surface area contributed by atoms with Gasteiger partial charge in [0.05, 0.1) is 22.8 Å². The van der Waals surface area contributed by atoms with Crippen LogP contribution in [0, 0.1) is 12.8 Å². The Labute approximate surface area is 155 Å². The van der Waals surface area contributed by atoms with Crippen molar-refractivity contribution in [3.63, 3.8) is 0 Å². The number of para-hydroxylation sites is 2. The molecule has 4 rings (SSSR count). The quantitative estimate of drug-likeness (QED) is 0.619. The summed E-state index contributed by atoms with van der Waals surface area (Å²) in [5, 5.41) is 17.4. The lowest BCUT2D eigenvalue weighted by Crippen LogP contribution is -2.31. The number of rotatable bonds is 5. The minimum absolute atomic E-state index is 0.0209. The fraction of sp³-hybridized carbons (Fsp3) is 0.421. The Balaban J connectivity index is 1.38. The third-order valence-electron chi connectivity index (χ3n) is 5.22. The second-order valence-corrected chi connectivity index (χ2v) is 7.22. The first-order valence-corrected chi connectivity index (χ1v) is 9.15. The molecule has 0 spiro atoms. The predicted octanol–water partition coefficient (Wildman–Crippen LogP) is 0.813. The van der Waals surface area contributed by atoms with Crippen molar-refractivity contribution in [3.05, 3.63) is 52.2 Å². The van der Waals surface area contributed by atoms with Gasteiger partial charge in [0.15, 0.2) is 0 Å². The first-order valence-electron chi connectivity index (χ1n) is 9.15. The van der Waals surface area contributed by atoms with E-state index in [9.17, 15) is 14.7 Å². The van der Waals surface area contributed by atoms with Crippen LogP contribution in [0.1, 0.15) is 17.8 Å². The average molecular weight is 369 g/mol. The molecule has 3 heterocycles. The lowest BCUT2D eigenvalue weighted by Gasteiger charge is -2.16. The summed E-state index contributed by atoms with van der Waals surface area (Å²) in [5.41, 5.74) is 3.23. The van der Waals surface area contributed by atoms with Crippen LogP contribution >= 0.6 is 0 Å². The zero-order valence-corrected chi connectivity index (χ0v) is 15.2. The summed E-state index contributed by atoms with van der Waals surface area (Å²) < 4.78 is 1.59. The van der Waals surface area contributed by atoms with Crippen LogP contribution in [0.2, 0.25) is 0 Å². The van der Waals surface area contributed by atoms with Crippen molar-refractivity contribution in [2.45, 2.75) is 32.4 Å². The number of nitrogens with one attached hydrogen (secondary N) is 2. The van der Waals surface area contributed by atoms with Gasteiger partial charge in [-0.3, -0.25) is 14.5 Å². The summed E-state index contributed by atoms with van der Waals surface area (Å²) in [6.07, 6.45) is 0.307. The van der Waals surface area contributed by atoms with Crippen LogP contribution in [0.25, 0.3) is 11.0 Å². The fourth-order valence-corrected chi connectivity index (χ4v) is 3.80. The van der Waals surface area contributed by atoms with Crippen molar-refractivity contribution < 1.29 is 9.90 Å². The van der Waals surface area contributed by atoms with E-state index in [2.05, 4.69) is 15.2 Å². The molecular weight excluding hydrogens is 346 g/mol. The zero-order chi connectivity index (χ0) is 19.0. The van der Waals surface area contributed by atoms with Gasteiger partial charge in [-0.05, 0) is 31.5 Å². The number of carbonyl (C=O) groups excluding carboxylic acids is 1. The van der Waals surface area contributed by atoms with Crippen molar-refractivity contribution in [1.82, 2.24) is 24.6 Å². The number of aliphatic hydroxyl groups is 1. The summed E-state index contributed by atoms with van der Waals surface area (Å²) >= 11 is 0. The van der Waals surface area contributed by atoms with E-state index < -0.39 is 6.10 Å². The highest BCUT2D eigenvalue weighted by atomic mass is 16.3. The number of hydrogen-bond donors (Lipinski definition) is 3. The van der Waals surface area contributed by atoms with Crippen LogP contribution < -0.4 is 5.69 Å². The Kier molecular flexibility index (Phi) is 4.57. The van der Waals surface area contributed by atoms with Crippen LogP contribution in [0.4, 0.5) is 0 Å². The van der Waals surface area contributed by atoms with Crippen LogP contribution in [0.3, 0.4) is 0 Å². The number of aliphatic hydroxyl groups excluding tert-OH is 1. The third-order valence-corrected chi connectivity index (χ3v) is 5.22. The van der Waals surface area contributed by atoms with Crippen molar-refractivity contribution in [2.75, 3.05) is 13.1 Å². The van der Waals surface area contributed by atoms with Gasteiger partial charge in [0.1, 0.15) is 0 Å². The molecule has 0 unspecified atom stereocenters. The second-order valence-electron chi connectivity index (χ2n) is 7.22. The number of likely N-dealkylation sites (tertiary alicyclic amines) is 1. The monoisotopic (exact) mass is 369 g/mol. The molecule has 1 fully saturated rings. The van der Waals surface area contributed by atoms with Crippen molar-refractivity contribution in [1.29, 1.82) is 0 Å². The molecule has 3 N–H and O–H groups in total. The number of H-pyrrole nitrogens is 2. The predicted molar refractivity (Wildman–Crippen MR) is 100 cm³/mol. The number of hydrogen-bond acceptors (Lipinski definition) is 4. The maximum absolute atomic E-state index is 12.6. The zero-order valence-electron chi connectivity index (χ0n) is 15.2. The minimum atomic E-state index is -0.554. The highest BCUT2D eigenvalue weighted by molar-refractivity contribution is 5.78. The first kappa shape index (κ1) is 17.5. The van der Waals surface area contributed by atoms with E-state index in [0.29, 0.717) is 26.1 Å². The molecule has 2 atom stereocenters. The molecule has 2 aromatic heterocycles. The Bertz CT molecular complexity index is 1020. The number of aromatic amines is 2. The van der Waals surface area contributed by atoms with E-state index in [4.69, 9.17) is 0 Å². The molecule has 0 radical (unpaired) electrons. The van der Waals surface area contributed by atoms with Crippen molar-refractivity contribution in [2.24, 2.45) is 5.92 Å². The van der Waals surface area contributed by atoms with E-state index in [1.165, 1.54) is 0 Å². The number of aromatic nitrogens is 4. The normalized spacial score (nSPS) is 19.9. The van der Waals surface area contributed by atoms with Crippen LogP contribution in [-0.4, -0.2) is 54.9 Å². The first-order chi connectivity index (χ1) is 13.0. The number of imidazole rings is 1. The Morgan fingerprint density at radius 2 is 2.15 bits per heavy atom. The molecule has 8 heteroatoms. The number of nitrogens with zero attached hydrogens (tertiary/aromatic N) is 3. The molecule has 1 saturated heterocycles. The summed E-state index contributed by atoms with van der Waals surface area (Å²) in [4.78, 5) is 29.2. The highest BCUT2D eigenvalue weighted by Gasteiger charge is 2.34. The minimum Gasteiger partial charge on any atom is -0.391 e. The maximum atomic E-state index is 12.6. The van der Waals surface area contributed by atoms with Gasteiger partial charge in [-0.15, -0.1) is 0 Å². The molecular formula is C19H23N5O3. The van der Waals surface area contributed by atoms with Gasteiger partial charge in [-0.2, -0.15) is 5.10 Å². The Morgan fingerprint density at radius 1 is 1.33 bits per heavy atom. The van der Waals surface area contributed by atoms with Crippen LogP contribution in [0.15, 0.2) is 35.1 Å². The van der Waals surface area contributed by atoms with E-state index in [0.717, 1.165) is 22.4 Å².